The van der Waals surface area contributed by atoms with Crippen LogP contribution in [0.1, 0.15) is 34.6 Å². The SMILES string of the molecule is CCOC(=O)c1c(C(=O)OCC)c2c3ccccc3ncn2c1-c1ccccc1. The van der Waals surface area contributed by atoms with Crippen LogP contribution in [0.25, 0.3) is 27.7 Å². The lowest BCUT2D eigenvalue weighted by Gasteiger charge is -2.07. The molecule has 2 heterocycles. The number of esters is 2. The van der Waals surface area contributed by atoms with E-state index < -0.39 is 11.9 Å². The van der Waals surface area contributed by atoms with Crippen molar-refractivity contribution in [3.05, 3.63) is 72.1 Å². The van der Waals surface area contributed by atoms with Gasteiger partial charge < -0.3 is 9.47 Å². The van der Waals surface area contributed by atoms with Gasteiger partial charge in [0.05, 0.1) is 29.9 Å². The Balaban J connectivity index is 2.20. The van der Waals surface area contributed by atoms with Gasteiger partial charge in [-0.15, -0.1) is 0 Å². The van der Waals surface area contributed by atoms with Crippen LogP contribution in [-0.2, 0) is 9.47 Å². The summed E-state index contributed by atoms with van der Waals surface area (Å²) in [6.45, 7) is 3.86. The Morgan fingerprint density at radius 3 is 2.17 bits per heavy atom. The van der Waals surface area contributed by atoms with Gasteiger partial charge >= 0.3 is 11.9 Å². The third-order valence-electron chi connectivity index (χ3n) is 4.68. The highest BCUT2D eigenvalue weighted by Gasteiger charge is 2.31. The molecule has 2 aromatic heterocycles. The Labute approximate surface area is 167 Å². The number of carbonyl (C=O) groups excluding carboxylic acids is 2. The number of hydrogen-bond acceptors (Lipinski definition) is 5. The van der Waals surface area contributed by atoms with E-state index >= 15 is 0 Å². The first-order valence-corrected chi connectivity index (χ1v) is 9.48. The Hall–Kier alpha value is -3.67. The second-order valence-electron chi connectivity index (χ2n) is 6.39. The summed E-state index contributed by atoms with van der Waals surface area (Å²) in [5.74, 6) is -1.13. The predicted octanol–water partition coefficient (Wildman–Crippen LogP) is 4.51. The molecule has 6 heteroatoms. The first kappa shape index (κ1) is 18.7. The van der Waals surface area contributed by atoms with Gasteiger partial charge in [-0.2, -0.15) is 0 Å². The van der Waals surface area contributed by atoms with Crippen LogP contribution in [0.3, 0.4) is 0 Å². The maximum absolute atomic E-state index is 13.0. The maximum Gasteiger partial charge on any atom is 0.341 e. The Kier molecular flexibility index (Phi) is 4.99. The summed E-state index contributed by atoms with van der Waals surface area (Å²) in [6, 6.07) is 16.9. The van der Waals surface area contributed by atoms with Crippen molar-refractivity contribution in [3.63, 3.8) is 0 Å². The third-order valence-corrected chi connectivity index (χ3v) is 4.68. The molecule has 0 aliphatic rings. The van der Waals surface area contributed by atoms with Gasteiger partial charge in [0.2, 0.25) is 0 Å². The number of ether oxygens (including phenoxy) is 2. The van der Waals surface area contributed by atoms with Crippen molar-refractivity contribution in [2.45, 2.75) is 13.8 Å². The van der Waals surface area contributed by atoms with Crippen LogP contribution in [-0.4, -0.2) is 34.5 Å². The van der Waals surface area contributed by atoms with Gasteiger partial charge in [-0.1, -0.05) is 48.5 Å². The molecule has 0 radical (unpaired) electrons. The molecule has 0 aliphatic carbocycles. The summed E-state index contributed by atoms with van der Waals surface area (Å²) in [5.41, 5.74) is 3.02. The molecule has 4 aromatic rings. The van der Waals surface area contributed by atoms with Gasteiger partial charge in [0.15, 0.2) is 0 Å². The average Bonchev–Trinajstić information content (AvgIpc) is 3.10. The average molecular weight is 388 g/mol. The molecule has 29 heavy (non-hydrogen) atoms. The lowest BCUT2D eigenvalue weighted by Crippen LogP contribution is -2.13. The minimum Gasteiger partial charge on any atom is -0.462 e. The van der Waals surface area contributed by atoms with Crippen LogP contribution < -0.4 is 0 Å². The summed E-state index contributed by atoms with van der Waals surface area (Å²) in [4.78, 5) is 30.5. The summed E-state index contributed by atoms with van der Waals surface area (Å²) >= 11 is 0. The highest BCUT2D eigenvalue weighted by molar-refractivity contribution is 6.17. The molecule has 0 aliphatic heterocycles. The highest BCUT2D eigenvalue weighted by atomic mass is 16.5. The number of nitrogens with zero attached hydrogens (tertiary/aromatic N) is 2. The second-order valence-corrected chi connectivity index (χ2v) is 6.39. The molecular weight excluding hydrogens is 368 g/mol. The van der Waals surface area contributed by atoms with Crippen LogP contribution in [0, 0.1) is 0 Å². The molecule has 0 N–H and O–H groups in total. The van der Waals surface area contributed by atoms with E-state index in [2.05, 4.69) is 4.98 Å². The normalized spacial score (nSPS) is 11.0. The fourth-order valence-corrected chi connectivity index (χ4v) is 3.56. The van der Waals surface area contributed by atoms with E-state index in [0.717, 1.165) is 16.5 Å². The summed E-state index contributed by atoms with van der Waals surface area (Å²) in [6.07, 6.45) is 1.63. The topological polar surface area (TPSA) is 69.9 Å². The van der Waals surface area contributed by atoms with Crippen molar-refractivity contribution in [1.82, 2.24) is 9.38 Å². The van der Waals surface area contributed by atoms with Crippen molar-refractivity contribution < 1.29 is 19.1 Å². The molecular formula is C23H20N2O4. The van der Waals surface area contributed by atoms with Gasteiger partial charge in [0.1, 0.15) is 17.5 Å². The van der Waals surface area contributed by atoms with Crippen molar-refractivity contribution >= 4 is 28.4 Å². The van der Waals surface area contributed by atoms with E-state index in [1.165, 1.54) is 0 Å². The van der Waals surface area contributed by atoms with Gasteiger partial charge in [0, 0.05) is 5.39 Å². The van der Waals surface area contributed by atoms with Crippen molar-refractivity contribution in [1.29, 1.82) is 0 Å². The van der Waals surface area contributed by atoms with Crippen LogP contribution >= 0.6 is 0 Å². The van der Waals surface area contributed by atoms with Gasteiger partial charge in [-0.25, -0.2) is 14.6 Å². The first-order chi connectivity index (χ1) is 14.2. The molecule has 0 saturated carbocycles. The standard InChI is InChI=1S/C23H20N2O4/c1-3-28-22(26)18-19(23(27)29-4-2)21-16-12-8-9-13-17(16)24-14-25(21)20(18)15-10-6-5-7-11-15/h5-14H,3-4H2,1-2H3. The van der Waals surface area contributed by atoms with E-state index in [9.17, 15) is 9.59 Å². The van der Waals surface area contributed by atoms with Crippen LogP contribution in [0.2, 0.25) is 0 Å². The van der Waals surface area contributed by atoms with Gasteiger partial charge in [0.25, 0.3) is 0 Å². The maximum atomic E-state index is 13.0. The highest BCUT2D eigenvalue weighted by Crippen LogP contribution is 2.36. The van der Waals surface area contributed by atoms with Crippen molar-refractivity contribution in [2.24, 2.45) is 0 Å². The molecule has 146 valence electrons. The lowest BCUT2D eigenvalue weighted by atomic mass is 10.0. The van der Waals surface area contributed by atoms with E-state index in [0.29, 0.717) is 11.2 Å². The molecule has 0 atom stereocenters. The fraction of sp³-hybridized carbons (Fsp3) is 0.174. The Bertz CT molecular complexity index is 1210. The smallest absolute Gasteiger partial charge is 0.341 e. The second kappa shape index (κ2) is 7.75. The number of benzene rings is 2. The Morgan fingerprint density at radius 2 is 1.48 bits per heavy atom. The minimum absolute atomic E-state index is 0.189. The van der Waals surface area contributed by atoms with Crippen LogP contribution in [0.5, 0.6) is 0 Å². The monoisotopic (exact) mass is 388 g/mol. The molecule has 0 saturated heterocycles. The van der Waals surface area contributed by atoms with Crippen molar-refractivity contribution in [2.75, 3.05) is 13.2 Å². The molecule has 6 nitrogen and oxygen atoms in total. The van der Waals surface area contributed by atoms with E-state index in [1.807, 2.05) is 54.6 Å². The van der Waals surface area contributed by atoms with Gasteiger partial charge in [-0.3, -0.25) is 4.40 Å². The molecule has 0 bridgehead atoms. The van der Waals surface area contributed by atoms with Crippen LogP contribution in [0.4, 0.5) is 0 Å². The molecule has 2 aromatic carbocycles. The summed E-state index contributed by atoms with van der Waals surface area (Å²) < 4.78 is 12.4. The van der Waals surface area contributed by atoms with Crippen LogP contribution in [0.15, 0.2) is 60.9 Å². The third kappa shape index (κ3) is 3.12. The zero-order valence-electron chi connectivity index (χ0n) is 16.2. The largest absolute Gasteiger partial charge is 0.462 e. The quantitative estimate of drug-likeness (QED) is 0.471. The zero-order chi connectivity index (χ0) is 20.4. The molecule has 0 unspecified atom stereocenters. The lowest BCUT2D eigenvalue weighted by molar-refractivity contribution is 0.0482. The summed E-state index contributed by atoms with van der Waals surface area (Å²) in [5, 5.41) is 0.755. The van der Waals surface area contributed by atoms with E-state index in [1.54, 1.807) is 24.6 Å². The fourth-order valence-electron chi connectivity index (χ4n) is 3.56. The molecule has 0 amide bonds. The number of fused-ring (bicyclic) bond motifs is 3. The molecule has 4 rings (SSSR count). The predicted molar refractivity (Wildman–Crippen MR) is 110 cm³/mol. The van der Waals surface area contributed by atoms with E-state index in [4.69, 9.17) is 9.47 Å². The minimum atomic E-state index is -0.567. The number of rotatable bonds is 5. The number of aromatic nitrogens is 2. The molecule has 0 fully saturated rings. The Morgan fingerprint density at radius 1 is 0.862 bits per heavy atom. The molecule has 0 spiro atoms. The number of para-hydroxylation sites is 1. The number of hydrogen-bond donors (Lipinski definition) is 0. The van der Waals surface area contributed by atoms with Gasteiger partial charge in [-0.05, 0) is 25.5 Å². The summed E-state index contributed by atoms with van der Waals surface area (Å²) in [7, 11) is 0. The van der Waals surface area contributed by atoms with Crippen molar-refractivity contribution in [3.8, 4) is 11.3 Å². The number of carbonyl (C=O) groups is 2. The van der Waals surface area contributed by atoms with E-state index in [-0.39, 0.29) is 24.3 Å². The first-order valence-electron chi connectivity index (χ1n) is 9.48. The zero-order valence-corrected chi connectivity index (χ0v) is 16.2.